The van der Waals surface area contributed by atoms with Crippen LogP contribution in [0.15, 0.2) is 35.3 Å². The van der Waals surface area contributed by atoms with Crippen LogP contribution in [0.25, 0.3) is 0 Å². The van der Waals surface area contributed by atoms with E-state index in [9.17, 15) is 4.79 Å². The van der Waals surface area contributed by atoms with Gasteiger partial charge >= 0.3 is 0 Å². The normalized spacial score (nSPS) is 15.6. The van der Waals surface area contributed by atoms with Gasteiger partial charge in [0.05, 0.1) is 0 Å². The van der Waals surface area contributed by atoms with E-state index in [2.05, 4.69) is 58.8 Å². The quantitative estimate of drug-likeness (QED) is 0.368. The maximum Gasteiger partial charge on any atom is 0.222 e. The van der Waals surface area contributed by atoms with Gasteiger partial charge in [0, 0.05) is 52.2 Å². The van der Waals surface area contributed by atoms with Gasteiger partial charge in [0.1, 0.15) is 0 Å². The second-order valence-electron chi connectivity index (χ2n) is 7.46. The summed E-state index contributed by atoms with van der Waals surface area (Å²) in [5.74, 6) is 1.17. The van der Waals surface area contributed by atoms with Gasteiger partial charge in [0.15, 0.2) is 5.96 Å². The van der Waals surface area contributed by atoms with Gasteiger partial charge in [0.2, 0.25) is 5.91 Å². The molecule has 28 heavy (non-hydrogen) atoms. The molecule has 0 atom stereocenters. The van der Waals surface area contributed by atoms with E-state index >= 15 is 0 Å². The van der Waals surface area contributed by atoms with E-state index in [-0.39, 0.29) is 0 Å². The van der Waals surface area contributed by atoms with Crippen molar-refractivity contribution in [3.63, 3.8) is 0 Å². The third-order valence-electron chi connectivity index (χ3n) is 4.95. The first kappa shape index (κ1) is 22.2. The first-order chi connectivity index (χ1) is 13.7. The van der Waals surface area contributed by atoms with Crippen molar-refractivity contribution < 1.29 is 4.79 Å². The summed E-state index contributed by atoms with van der Waals surface area (Å²) in [5, 5.41) is 6.71. The average Bonchev–Trinajstić information content (AvgIpc) is 2.90. The molecular formula is C22H37N5O. The van der Waals surface area contributed by atoms with Crippen LogP contribution in [0.2, 0.25) is 0 Å². The monoisotopic (exact) mass is 387 g/mol. The third-order valence-corrected chi connectivity index (χ3v) is 4.95. The summed E-state index contributed by atoms with van der Waals surface area (Å²) in [6.07, 6.45) is 4.98. The summed E-state index contributed by atoms with van der Waals surface area (Å²) in [5.41, 5.74) is 1.33. The van der Waals surface area contributed by atoms with Gasteiger partial charge in [-0.15, -0.1) is 0 Å². The number of benzene rings is 1. The highest BCUT2D eigenvalue weighted by atomic mass is 16.2. The van der Waals surface area contributed by atoms with E-state index < -0.39 is 0 Å². The summed E-state index contributed by atoms with van der Waals surface area (Å²) in [4.78, 5) is 21.0. The van der Waals surface area contributed by atoms with Crippen molar-refractivity contribution in [1.82, 2.24) is 20.4 Å². The predicted molar refractivity (Wildman–Crippen MR) is 116 cm³/mol. The molecule has 0 aliphatic carbocycles. The number of carbonyl (C=O) groups excluding carboxylic acids is 1. The molecule has 0 radical (unpaired) electrons. The van der Waals surface area contributed by atoms with Gasteiger partial charge in [-0.25, -0.2) is 0 Å². The molecule has 1 heterocycles. The molecule has 6 heteroatoms. The van der Waals surface area contributed by atoms with Crippen molar-refractivity contribution in [1.29, 1.82) is 0 Å². The Balaban J connectivity index is 1.67. The summed E-state index contributed by atoms with van der Waals surface area (Å²) in [6.45, 7) is 8.13. The Hall–Kier alpha value is -2.08. The summed E-state index contributed by atoms with van der Waals surface area (Å²) < 4.78 is 0. The number of nitrogens with zero attached hydrogens (tertiary/aromatic N) is 3. The molecule has 0 bridgehead atoms. The number of amides is 1. The standard InChI is InChI=1S/C22H37N5O/c1-3-23-22(24-14-10-17-27-16-9-5-8-13-21(27)28)25-15-18-26(2)19-20-11-6-4-7-12-20/h4,6-7,11-12H,3,5,8-10,13-19H2,1-2H3,(H2,23,24,25). The number of aliphatic imine (C=N–C) groups is 1. The van der Waals surface area contributed by atoms with E-state index in [0.29, 0.717) is 12.3 Å². The SMILES string of the molecule is CCNC(=NCCCN1CCCCCC1=O)NCCN(C)Cc1ccccc1. The number of carbonyl (C=O) groups is 1. The third kappa shape index (κ3) is 8.74. The van der Waals surface area contributed by atoms with Crippen LogP contribution in [-0.2, 0) is 11.3 Å². The van der Waals surface area contributed by atoms with Gasteiger partial charge in [-0.2, -0.15) is 0 Å². The lowest BCUT2D eigenvalue weighted by molar-refractivity contribution is -0.130. The maximum atomic E-state index is 12.0. The number of nitrogens with one attached hydrogen (secondary N) is 2. The van der Waals surface area contributed by atoms with E-state index in [1.54, 1.807) is 0 Å². The Morgan fingerprint density at radius 1 is 1.18 bits per heavy atom. The van der Waals surface area contributed by atoms with Crippen molar-refractivity contribution in [2.45, 2.75) is 45.6 Å². The predicted octanol–water partition coefficient (Wildman–Crippen LogP) is 2.47. The van der Waals surface area contributed by atoms with E-state index in [0.717, 1.165) is 71.0 Å². The number of hydrogen-bond donors (Lipinski definition) is 2. The summed E-state index contributed by atoms with van der Waals surface area (Å²) >= 11 is 0. The molecule has 1 amide bonds. The molecule has 156 valence electrons. The molecule has 0 unspecified atom stereocenters. The largest absolute Gasteiger partial charge is 0.357 e. The van der Waals surface area contributed by atoms with Crippen LogP contribution in [0.3, 0.4) is 0 Å². The lowest BCUT2D eigenvalue weighted by Crippen LogP contribution is -2.41. The van der Waals surface area contributed by atoms with Gasteiger partial charge in [-0.1, -0.05) is 36.8 Å². The molecule has 2 rings (SSSR count). The van der Waals surface area contributed by atoms with Crippen molar-refractivity contribution in [3.8, 4) is 0 Å². The molecule has 1 fully saturated rings. The molecule has 1 saturated heterocycles. The zero-order valence-electron chi connectivity index (χ0n) is 17.6. The van der Waals surface area contributed by atoms with Crippen LogP contribution in [0.5, 0.6) is 0 Å². The van der Waals surface area contributed by atoms with Crippen LogP contribution in [0.1, 0.15) is 44.6 Å². The fraction of sp³-hybridized carbons (Fsp3) is 0.636. The van der Waals surface area contributed by atoms with Crippen molar-refractivity contribution in [3.05, 3.63) is 35.9 Å². The summed E-state index contributed by atoms with van der Waals surface area (Å²) in [7, 11) is 2.14. The smallest absolute Gasteiger partial charge is 0.222 e. The Morgan fingerprint density at radius 2 is 2.00 bits per heavy atom. The molecule has 1 aliphatic heterocycles. The number of guanidine groups is 1. The van der Waals surface area contributed by atoms with Crippen LogP contribution >= 0.6 is 0 Å². The Labute approximate surface area is 170 Å². The Kier molecular flexibility index (Phi) is 10.4. The number of hydrogen-bond acceptors (Lipinski definition) is 3. The van der Waals surface area contributed by atoms with Crippen LogP contribution in [0, 0.1) is 0 Å². The molecule has 2 N–H and O–H groups in total. The van der Waals surface area contributed by atoms with Crippen molar-refractivity contribution in [2.75, 3.05) is 46.3 Å². The van der Waals surface area contributed by atoms with Crippen LogP contribution in [0.4, 0.5) is 0 Å². The Morgan fingerprint density at radius 3 is 2.79 bits per heavy atom. The van der Waals surface area contributed by atoms with Gasteiger partial charge < -0.3 is 20.4 Å². The molecule has 0 saturated carbocycles. The fourth-order valence-corrected chi connectivity index (χ4v) is 3.41. The zero-order chi connectivity index (χ0) is 20.0. The lowest BCUT2D eigenvalue weighted by atomic mass is 10.2. The topological polar surface area (TPSA) is 60.0 Å². The molecule has 0 spiro atoms. The minimum absolute atomic E-state index is 0.313. The highest BCUT2D eigenvalue weighted by molar-refractivity contribution is 5.79. The highest BCUT2D eigenvalue weighted by Gasteiger charge is 2.15. The number of likely N-dealkylation sites (tertiary alicyclic amines) is 1. The van der Waals surface area contributed by atoms with Crippen LogP contribution in [-0.4, -0.2) is 68.0 Å². The molecule has 6 nitrogen and oxygen atoms in total. The van der Waals surface area contributed by atoms with Crippen molar-refractivity contribution in [2.24, 2.45) is 4.99 Å². The molecular weight excluding hydrogens is 350 g/mol. The average molecular weight is 388 g/mol. The van der Waals surface area contributed by atoms with E-state index in [1.165, 1.54) is 12.0 Å². The van der Waals surface area contributed by atoms with Gasteiger partial charge in [0.25, 0.3) is 0 Å². The van der Waals surface area contributed by atoms with Gasteiger partial charge in [-0.3, -0.25) is 9.79 Å². The fourth-order valence-electron chi connectivity index (χ4n) is 3.41. The number of rotatable bonds is 10. The molecule has 1 aromatic rings. The first-order valence-electron chi connectivity index (χ1n) is 10.7. The second kappa shape index (κ2) is 13.2. The van der Waals surface area contributed by atoms with E-state index in [1.807, 2.05) is 11.0 Å². The maximum absolute atomic E-state index is 12.0. The van der Waals surface area contributed by atoms with Crippen molar-refractivity contribution >= 4 is 11.9 Å². The zero-order valence-corrected chi connectivity index (χ0v) is 17.6. The Bertz CT molecular complexity index is 590. The molecule has 0 aromatic heterocycles. The molecule has 1 aromatic carbocycles. The highest BCUT2D eigenvalue weighted by Crippen LogP contribution is 2.11. The number of likely N-dealkylation sites (N-methyl/N-ethyl adjacent to an activating group) is 1. The molecule has 1 aliphatic rings. The lowest BCUT2D eigenvalue weighted by Gasteiger charge is -2.20. The minimum Gasteiger partial charge on any atom is -0.357 e. The van der Waals surface area contributed by atoms with E-state index in [4.69, 9.17) is 0 Å². The van der Waals surface area contributed by atoms with Gasteiger partial charge in [-0.05, 0) is 38.8 Å². The van der Waals surface area contributed by atoms with Crippen LogP contribution < -0.4 is 10.6 Å². The summed E-state index contributed by atoms with van der Waals surface area (Å²) in [6, 6.07) is 10.5. The minimum atomic E-state index is 0.313. The second-order valence-corrected chi connectivity index (χ2v) is 7.46. The first-order valence-corrected chi connectivity index (χ1v) is 10.7.